The van der Waals surface area contributed by atoms with E-state index in [4.69, 9.17) is 9.84 Å². The lowest BCUT2D eigenvalue weighted by Crippen LogP contribution is -2.06. The largest absolute Gasteiger partial charge is 0.371 e. The maximum absolute atomic E-state index is 12.3. The van der Waals surface area contributed by atoms with Crippen LogP contribution in [0.25, 0.3) is 0 Å². The van der Waals surface area contributed by atoms with Crippen molar-refractivity contribution in [3.8, 4) is 0 Å². The fourth-order valence-corrected chi connectivity index (χ4v) is 1.77. The molecule has 3 heteroatoms. The molecule has 0 saturated heterocycles. The first-order valence-corrected chi connectivity index (χ1v) is 5.69. The highest BCUT2D eigenvalue weighted by Gasteiger charge is 2.12. The summed E-state index contributed by atoms with van der Waals surface area (Å²) in [6, 6.07) is 16.4. The molecule has 3 nitrogen and oxygen atoms in total. The smallest absolute Gasteiger partial charge is 0.193 e. The summed E-state index contributed by atoms with van der Waals surface area (Å²) in [6.45, 7) is -0.126. The molecule has 0 amide bonds. The van der Waals surface area contributed by atoms with Gasteiger partial charge >= 0.3 is 0 Å². The van der Waals surface area contributed by atoms with Crippen molar-refractivity contribution in [3.05, 3.63) is 71.3 Å². The number of ketones is 1. The number of aliphatic hydroxyl groups excluding tert-OH is 1. The second-order valence-corrected chi connectivity index (χ2v) is 3.83. The van der Waals surface area contributed by atoms with Gasteiger partial charge in [0.1, 0.15) is 6.79 Å². The van der Waals surface area contributed by atoms with Crippen LogP contribution in [-0.2, 0) is 11.3 Å². The number of carbonyl (C=O) groups excluding carboxylic acids is 1. The molecule has 0 aliphatic carbocycles. The van der Waals surface area contributed by atoms with E-state index >= 15 is 0 Å². The summed E-state index contributed by atoms with van der Waals surface area (Å²) in [7, 11) is 0. The number of rotatable bonds is 5. The van der Waals surface area contributed by atoms with Crippen LogP contribution in [0.3, 0.4) is 0 Å². The zero-order chi connectivity index (χ0) is 12.8. The molecule has 18 heavy (non-hydrogen) atoms. The molecule has 0 saturated carbocycles. The first-order chi connectivity index (χ1) is 8.83. The number of benzene rings is 2. The molecule has 0 fully saturated rings. The monoisotopic (exact) mass is 242 g/mol. The summed E-state index contributed by atoms with van der Waals surface area (Å²) in [5, 5.41) is 8.67. The van der Waals surface area contributed by atoms with E-state index in [-0.39, 0.29) is 19.2 Å². The van der Waals surface area contributed by atoms with Crippen LogP contribution in [0, 0.1) is 0 Å². The predicted octanol–water partition coefficient (Wildman–Crippen LogP) is 2.38. The summed E-state index contributed by atoms with van der Waals surface area (Å²) in [5.74, 6) is -0.0345. The molecule has 2 aromatic carbocycles. The van der Waals surface area contributed by atoms with E-state index in [2.05, 4.69) is 0 Å². The zero-order valence-corrected chi connectivity index (χ0v) is 9.87. The van der Waals surface area contributed by atoms with Crippen LogP contribution in [0.2, 0.25) is 0 Å². The quantitative estimate of drug-likeness (QED) is 0.647. The van der Waals surface area contributed by atoms with Gasteiger partial charge in [0, 0.05) is 11.1 Å². The van der Waals surface area contributed by atoms with Crippen molar-refractivity contribution < 1.29 is 14.6 Å². The Morgan fingerprint density at radius 2 is 1.67 bits per heavy atom. The zero-order valence-electron chi connectivity index (χ0n) is 9.87. The van der Waals surface area contributed by atoms with Gasteiger partial charge in [0.2, 0.25) is 0 Å². The lowest BCUT2D eigenvalue weighted by atomic mass is 9.99. The third-order valence-electron chi connectivity index (χ3n) is 2.65. The summed E-state index contributed by atoms with van der Waals surface area (Å²) >= 11 is 0. The van der Waals surface area contributed by atoms with Gasteiger partial charge in [-0.05, 0) is 5.56 Å². The molecule has 0 atom stereocenters. The van der Waals surface area contributed by atoms with E-state index in [1.54, 1.807) is 18.2 Å². The molecule has 0 aliphatic heterocycles. The Morgan fingerprint density at radius 1 is 1.00 bits per heavy atom. The maximum atomic E-state index is 12.3. The average Bonchev–Trinajstić information content (AvgIpc) is 2.45. The van der Waals surface area contributed by atoms with Gasteiger partial charge in [-0.1, -0.05) is 54.6 Å². The third-order valence-corrected chi connectivity index (χ3v) is 2.65. The predicted molar refractivity (Wildman–Crippen MR) is 68.2 cm³/mol. The second kappa shape index (κ2) is 6.10. The van der Waals surface area contributed by atoms with Crippen LogP contribution < -0.4 is 0 Å². The van der Waals surface area contributed by atoms with Crippen molar-refractivity contribution >= 4 is 5.78 Å². The Hall–Kier alpha value is -1.97. The fourth-order valence-electron chi connectivity index (χ4n) is 1.77. The molecule has 0 heterocycles. The minimum atomic E-state index is -0.353. The second-order valence-electron chi connectivity index (χ2n) is 3.83. The Balaban J connectivity index is 2.30. The number of carbonyl (C=O) groups is 1. The van der Waals surface area contributed by atoms with Gasteiger partial charge in [-0.3, -0.25) is 4.79 Å². The van der Waals surface area contributed by atoms with E-state index in [9.17, 15) is 4.79 Å². The van der Waals surface area contributed by atoms with Gasteiger partial charge in [0.15, 0.2) is 5.78 Å². The first kappa shape index (κ1) is 12.5. The van der Waals surface area contributed by atoms with E-state index in [1.165, 1.54) is 0 Å². The lowest BCUT2D eigenvalue weighted by molar-refractivity contribution is -0.0114. The molecule has 0 aromatic heterocycles. The number of hydrogen-bond acceptors (Lipinski definition) is 3. The minimum Gasteiger partial charge on any atom is -0.371 e. The Morgan fingerprint density at radius 3 is 2.39 bits per heavy atom. The Bertz CT molecular complexity index is 520. The van der Waals surface area contributed by atoms with Crippen molar-refractivity contribution in [1.29, 1.82) is 0 Å². The average molecular weight is 242 g/mol. The Labute approximate surface area is 106 Å². The van der Waals surface area contributed by atoms with Gasteiger partial charge in [-0.25, -0.2) is 0 Å². The van der Waals surface area contributed by atoms with Crippen LogP contribution in [0.5, 0.6) is 0 Å². The fraction of sp³-hybridized carbons (Fsp3) is 0.133. The van der Waals surface area contributed by atoms with Crippen LogP contribution in [-0.4, -0.2) is 17.7 Å². The van der Waals surface area contributed by atoms with Crippen molar-refractivity contribution in [2.45, 2.75) is 6.61 Å². The van der Waals surface area contributed by atoms with E-state index < -0.39 is 0 Å². The molecule has 0 spiro atoms. The molecular weight excluding hydrogens is 228 g/mol. The third kappa shape index (κ3) is 2.83. The van der Waals surface area contributed by atoms with Crippen LogP contribution in [0.4, 0.5) is 0 Å². The van der Waals surface area contributed by atoms with E-state index in [1.807, 2.05) is 36.4 Å². The van der Waals surface area contributed by atoms with Gasteiger partial charge in [0.25, 0.3) is 0 Å². The SMILES string of the molecule is O=C(c1ccccc1)c1ccccc1COCO. The summed E-state index contributed by atoms with van der Waals surface area (Å²) in [5.41, 5.74) is 2.03. The standard InChI is InChI=1S/C15H14O3/c16-11-18-10-13-8-4-5-9-14(13)15(17)12-6-2-1-3-7-12/h1-9,16H,10-11H2. The van der Waals surface area contributed by atoms with Gasteiger partial charge in [0.05, 0.1) is 6.61 Å². The lowest BCUT2D eigenvalue weighted by Gasteiger charge is -2.08. The highest BCUT2D eigenvalue weighted by atomic mass is 16.6. The summed E-state index contributed by atoms with van der Waals surface area (Å²) in [4.78, 5) is 12.3. The van der Waals surface area contributed by atoms with Crippen molar-refractivity contribution in [3.63, 3.8) is 0 Å². The van der Waals surface area contributed by atoms with Gasteiger partial charge in [-0.15, -0.1) is 0 Å². The molecule has 2 aromatic rings. The number of hydrogen-bond donors (Lipinski definition) is 1. The van der Waals surface area contributed by atoms with E-state index in [0.717, 1.165) is 5.56 Å². The van der Waals surface area contributed by atoms with Crippen LogP contribution >= 0.6 is 0 Å². The summed E-state index contributed by atoms with van der Waals surface area (Å²) < 4.78 is 4.95. The van der Waals surface area contributed by atoms with E-state index in [0.29, 0.717) is 11.1 Å². The van der Waals surface area contributed by atoms with Crippen LogP contribution in [0.1, 0.15) is 21.5 Å². The van der Waals surface area contributed by atoms with Gasteiger partial charge in [-0.2, -0.15) is 0 Å². The molecule has 2 rings (SSSR count). The number of aliphatic hydroxyl groups is 1. The van der Waals surface area contributed by atoms with Crippen LogP contribution in [0.15, 0.2) is 54.6 Å². The minimum absolute atomic E-state index is 0.0345. The summed E-state index contributed by atoms with van der Waals surface area (Å²) in [6.07, 6.45) is 0. The Kier molecular flexibility index (Phi) is 4.23. The normalized spacial score (nSPS) is 10.3. The highest BCUT2D eigenvalue weighted by molar-refractivity contribution is 6.09. The first-order valence-electron chi connectivity index (χ1n) is 5.69. The topological polar surface area (TPSA) is 46.5 Å². The molecular formula is C15H14O3. The molecule has 92 valence electrons. The number of ether oxygens (including phenoxy) is 1. The van der Waals surface area contributed by atoms with Crippen molar-refractivity contribution in [2.24, 2.45) is 0 Å². The molecule has 0 unspecified atom stereocenters. The highest BCUT2D eigenvalue weighted by Crippen LogP contribution is 2.15. The molecule has 0 radical (unpaired) electrons. The maximum Gasteiger partial charge on any atom is 0.193 e. The van der Waals surface area contributed by atoms with Crippen molar-refractivity contribution in [1.82, 2.24) is 0 Å². The molecule has 1 N–H and O–H groups in total. The van der Waals surface area contributed by atoms with Gasteiger partial charge < -0.3 is 9.84 Å². The van der Waals surface area contributed by atoms with Crippen molar-refractivity contribution in [2.75, 3.05) is 6.79 Å². The molecule has 0 aliphatic rings. The molecule has 0 bridgehead atoms.